The molecule has 0 aliphatic heterocycles. The predicted molar refractivity (Wildman–Crippen MR) is 78.1 cm³/mol. The molecular weight excluding hydrogens is 342 g/mol. The fourth-order valence-corrected chi connectivity index (χ4v) is 3.18. The molecule has 0 amide bonds. The number of rotatable bonds is 7. The molecule has 0 atom stereocenters. The van der Waals surface area contributed by atoms with Gasteiger partial charge in [-0.25, -0.2) is 8.42 Å². The molecule has 1 rings (SSSR count). The van der Waals surface area contributed by atoms with E-state index < -0.39 is 10.0 Å². The summed E-state index contributed by atoms with van der Waals surface area (Å²) in [6, 6.07) is 5.07. The van der Waals surface area contributed by atoms with Gasteiger partial charge in [0.05, 0.1) is 18.6 Å². The number of halogens is 2. The maximum absolute atomic E-state index is 11.8. The molecule has 0 unspecified atom stereocenters. The van der Waals surface area contributed by atoms with Crippen molar-refractivity contribution in [2.45, 2.75) is 12.8 Å². The van der Waals surface area contributed by atoms with Crippen LogP contribution < -0.4 is 9.46 Å². The van der Waals surface area contributed by atoms with E-state index in [0.717, 1.165) is 4.47 Å². The Morgan fingerprint density at radius 3 is 2.67 bits per heavy atom. The highest BCUT2D eigenvalue weighted by atomic mass is 79.9. The Morgan fingerprint density at radius 1 is 1.33 bits per heavy atom. The van der Waals surface area contributed by atoms with Gasteiger partial charge in [-0.15, -0.1) is 11.6 Å². The zero-order chi connectivity index (χ0) is 13.6. The van der Waals surface area contributed by atoms with Crippen molar-refractivity contribution in [3.05, 3.63) is 22.7 Å². The number of anilines is 1. The van der Waals surface area contributed by atoms with Crippen LogP contribution in [0, 0.1) is 0 Å². The van der Waals surface area contributed by atoms with E-state index in [1.165, 1.54) is 7.11 Å². The second kappa shape index (κ2) is 7.21. The van der Waals surface area contributed by atoms with Crippen LogP contribution in [0.25, 0.3) is 0 Å². The molecule has 0 fully saturated rings. The number of benzene rings is 1. The lowest BCUT2D eigenvalue weighted by Gasteiger charge is -2.09. The number of ether oxygens (including phenoxy) is 1. The van der Waals surface area contributed by atoms with Crippen LogP contribution in [0.5, 0.6) is 5.75 Å². The third-order valence-corrected chi connectivity index (χ3v) is 4.27. The topological polar surface area (TPSA) is 55.4 Å². The summed E-state index contributed by atoms with van der Waals surface area (Å²) in [5.41, 5.74) is 0.479. The molecule has 1 aromatic rings. The average molecular weight is 357 g/mol. The Bertz CT molecular complexity index is 493. The molecular formula is C11H15BrClNO3S. The van der Waals surface area contributed by atoms with E-state index in [1.807, 2.05) is 0 Å². The average Bonchev–Trinajstić information content (AvgIpc) is 2.27. The van der Waals surface area contributed by atoms with Gasteiger partial charge in [-0.05, 0) is 25.0 Å². The Kier molecular flexibility index (Phi) is 6.25. The molecule has 1 aromatic carbocycles. The Morgan fingerprint density at radius 2 is 2.06 bits per heavy atom. The second-order valence-corrected chi connectivity index (χ2v) is 6.83. The second-order valence-electron chi connectivity index (χ2n) is 3.70. The van der Waals surface area contributed by atoms with Crippen LogP contribution in [-0.4, -0.2) is 27.2 Å². The number of alkyl halides is 1. The van der Waals surface area contributed by atoms with Gasteiger partial charge in [0.2, 0.25) is 10.0 Å². The van der Waals surface area contributed by atoms with Gasteiger partial charge in [0.1, 0.15) is 5.75 Å². The van der Waals surface area contributed by atoms with Gasteiger partial charge in [-0.3, -0.25) is 4.72 Å². The molecule has 102 valence electrons. The van der Waals surface area contributed by atoms with E-state index >= 15 is 0 Å². The van der Waals surface area contributed by atoms with Crippen molar-refractivity contribution in [2.24, 2.45) is 0 Å². The smallest absolute Gasteiger partial charge is 0.232 e. The summed E-state index contributed by atoms with van der Waals surface area (Å²) < 4.78 is 31.9. The molecule has 0 aliphatic carbocycles. The first-order chi connectivity index (χ1) is 8.46. The first-order valence-electron chi connectivity index (χ1n) is 5.38. The summed E-state index contributed by atoms with van der Waals surface area (Å²) in [6.45, 7) is 0. The lowest BCUT2D eigenvalue weighted by Crippen LogP contribution is -2.16. The lowest BCUT2D eigenvalue weighted by atomic mass is 10.3. The van der Waals surface area contributed by atoms with Crippen LogP contribution in [0.4, 0.5) is 5.69 Å². The van der Waals surface area contributed by atoms with Crippen LogP contribution >= 0.6 is 27.5 Å². The summed E-state index contributed by atoms with van der Waals surface area (Å²) >= 11 is 8.81. The minimum Gasteiger partial charge on any atom is -0.497 e. The number of methoxy groups -OCH3 is 1. The molecule has 4 nitrogen and oxygen atoms in total. The summed E-state index contributed by atoms with van der Waals surface area (Å²) in [5.74, 6) is 1.12. The lowest BCUT2D eigenvalue weighted by molar-refractivity contribution is 0.415. The monoisotopic (exact) mass is 355 g/mol. The van der Waals surface area contributed by atoms with Gasteiger partial charge in [0, 0.05) is 16.4 Å². The third-order valence-electron chi connectivity index (χ3n) is 2.18. The van der Waals surface area contributed by atoms with Gasteiger partial charge in [0.25, 0.3) is 0 Å². The quantitative estimate of drug-likeness (QED) is 0.603. The van der Waals surface area contributed by atoms with Crippen LogP contribution in [-0.2, 0) is 10.0 Å². The summed E-state index contributed by atoms with van der Waals surface area (Å²) in [4.78, 5) is 0. The van der Waals surface area contributed by atoms with Crippen molar-refractivity contribution in [2.75, 3.05) is 23.5 Å². The van der Waals surface area contributed by atoms with Crippen molar-refractivity contribution < 1.29 is 13.2 Å². The minimum absolute atomic E-state index is 0.0640. The van der Waals surface area contributed by atoms with Crippen molar-refractivity contribution >= 4 is 43.2 Å². The van der Waals surface area contributed by atoms with Gasteiger partial charge in [-0.2, -0.15) is 0 Å². The van der Waals surface area contributed by atoms with E-state index in [9.17, 15) is 8.42 Å². The van der Waals surface area contributed by atoms with E-state index in [2.05, 4.69) is 20.7 Å². The number of nitrogens with one attached hydrogen (secondary N) is 1. The normalized spacial score (nSPS) is 11.3. The summed E-state index contributed by atoms with van der Waals surface area (Å²) in [6.07, 6.45) is 1.23. The first kappa shape index (κ1) is 15.6. The highest BCUT2D eigenvalue weighted by Crippen LogP contribution is 2.25. The molecule has 18 heavy (non-hydrogen) atoms. The third kappa shape index (κ3) is 5.46. The SMILES string of the molecule is COc1cc(Br)cc(NS(=O)(=O)CCCCCl)c1. The molecule has 0 saturated carbocycles. The highest BCUT2D eigenvalue weighted by Gasteiger charge is 2.11. The Balaban J connectivity index is 2.74. The highest BCUT2D eigenvalue weighted by molar-refractivity contribution is 9.10. The standard InChI is InChI=1S/C11H15BrClNO3S/c1-17-11-7-9(12)6-10(8-11)14-18(15,16)5-3-2-4-13/h6-8,14H,2-5H2,1H3. The van der Waals surface area contributed by atoms with Crippen LogP contribution in [0.15, 0.2) is 22.7 Å². The van der Waals surface area contributed by atoms with Crippen molar-refractivity contribution in [3.8, 4) is 5.75 Å². The fourth-order valence-electron chi connectivity index (χ4n) is 1.36. The van der Waals surface area contributed by atoms with Crippen molar-refractivity contribution in [3.63, 3.8) is 0 Å². The van der Waals surface area contributed by atoms with Gasteiger partial charge < -0.3 is 4.74 Å². The minimum atomic E-state index is -3.33. The molecule has 0 saturated heterocycles. The number of hydrogen-bond donors (Lipinski definition) is 1. The van der Waals surface area contributed by atoms with Gasteiger partial charge in [0.15, 0.2) is 0 Å². The molecule has 0 aliphatic rings. The molecule has 1 N–H and O–H groups in total. The molecule has 0 spiro atoms. The summed E-state index contributed by atoms with van der Waals surface area (Å²) in [5, 5.41) is 0. The maximum Gasteiger partial charge on any atom is 0.232 e. The number of unbranched alkanes of at least 4 members (excludes halogenated alkanes) is 1. The Labute approximate surface area is 121 Å². The Hall–Kier alpha value is -0.460. The zero-order valence-electron chi connectivity index (χ0n) is 9.95. The number of hydrogen-bond acceptors (Lipinski definition) is 3. The number of sulfonamides is 1. The van der Waals surface area contributed by atoms with E-state index in [-0.39, 0.29) is 5.75 Å². The fraction of sp³-hybridized carbons (Fsp3) is 0.455. The van der Waals surface area contributed by atoms with E-state index in [0.29, 0.717) is 30.2 Å². The van der Waals surface area contributed by atoms with Crippen molar-refractivity contribution in [1.82, 2.24) is 0 Å². The first-order valence-corrected chi connectivity index (χ1v) is 8.36. The van der Waals surface area contributed by atoms with Crippen LogP contribution in [0.1, 0.15) is 12.8 Å². The predicted octanol–water partition coefficient (Wildman–Crippen LogP) is 3.22. The van der Waals surface area contributed by atoms with Gasteiger partial charge >= 0.3 is 0 Å². The maximum atomic E-state index is 11.8. The molecule has 0 aromatic heterocycles. The van der Waals surface area contributed by atoms with Crippen LogP contribution in [0.3, 0.4) is 0 Å². The molecule has 0 heterocycles. The zero-order valence-corrected chi connectivity index (χ0v) is 13.1. The molecule has 0 radical (unpaired) electrons. The largest absolute Gasteiger partial charge is 0.497 e. The van der Waals surface area contributed by atoms with Gasteiger partial charge in [-0.1, -0.05) is 15.9 Å². The van der Waals surface area contributed by atoms with Crippen LogP contribution in [0.2, 0.25) is 0 Å². The summed E-state index contributed by atoms with van der Waals surface area (Å²) in [7, 11) is -1.81. The molecule has 7 heteroatoms. The van der Waals surface area contributed by atoms with E-state index in [1.54, 1.807) is 18.2 Å². The van der Waals surface area contributed by atoms with Crippen molar-refractivity contribution in [1.29, 1.82) is 0 Å². The molecule has 0 bridgehead atoms. The van der Waals surface area contributed by atoms with E-state index in [4.69, 9.17) is 16.3 Å².